The molecular formula is C15H21F3N4O2S. The van der Waals surface area contributed by atoms with Crippen LogP contribution in [0.25, 0.3) is 0 Å². The van der Waals surface area contributed by atoms with Crippen LogP contribution in [0.15, 0.2) is 12.4 Å². The van der Waals surface area contributed by atoms with Crippen LogP contribution in [-0.2, 0) is 16.2 Å². The van der Waals surface area contributed by atoms with E-state index in [4.69, 9.17) is 0 Å². The zero-order valence-electron chi connectivity index (χ0n) is 13.9. The van der Waals surface area contributed by atoms with Crippen molar-refractivity contribution < 1.29 is 21.6 Å². The van der Waals surface area contributed by atoms with Gasteiger partial charge in [0, 0.05) is 32.7 Å². The molecule has 1 saturated heterocycles. The Balaban J connectivity index is 1.57. The van der Waals surface area contributed by atoms with E-state index in [0.717, 1.165) is 38.1 Å². The van der Waals surface area contributed by atoms with Gasteiger partial charge in [-0.25, -0.2) is 22.7 Å². The summed E-state index contributed by atoms with van der Waals surface area (Å²) in [7, 11) is -1.57. The average Bonchev–Trinajstić information content (AvgIpc) is 3.40. The fourth-order valence-electron chi connectivity index (χ4n) is 3.11. The van der Waals surface area contributed by atoms with Crippen molar-refractivity contribution in [3.63, 3.8) is 0 Å². The molecule has 0 amide bonds. The van der Waals surface area contributed by atoms with Crippen LogP contribution in [-0.4, -0.2) is 54.6 Å². The average molecular weight is 378 g/mol. The number of halogens is 3. The van der Waals surface area contributed by atoms with Crippen molar-refractivity contribution in [2.75, 3.05) is 31.6 Å². The standard InChI is InChI=1S/C15H21F3N4O2S/c1-21(25(23,24)12-2-3-12)9-11-4-6-22(7-5-11)14-8-13(15(16,17)18)19-10-20-14/h8,10-12H,2-7,9H2,1H3. The minimum Gasteiger partial charge on any atom is -0.356 e. The van der Waals surface area contributed by atoms with Crippen molar-refractivity contribution in [3.05, 3.63) is 18.1 Å². The molecule has 3 rings (SSSR count). The van der Waals surface area contributed by atoms with E-state index in [0.29, 0.717) is 19.6 Å². The Bertz CT molecular complexity index is 714. The molecule has 0 unspecified atom stereocenters. The molecule has 25 heavy (non-hydrogen) atoms. The fraction of sp³-hybridized carbons (Fsp3) is 0.733. The van der Waals surface area contributed by atoms with Crippen LogP contribution in [0.5, 0.6) is 0 Å². The summed E-state index contributed by atoms with van der Waals surface area (Å²) in [4.78, 5) is 9.01. The first-order valence-corrected chi connectivity index (χ1v) is 9.77. The van der Waals surface area contributed by atoms with Crippen LogP contribution in [0.4, 0.5) is 19.0 Å². The van der Waals surface area contributed by atoms with Gasteiger partial charge in [0.15, 0.2) is 0 Å². The van der Waals surface area contributed by atoms with Crippen LogP contribution >= 0.6 is 0 Å². The fourth-order valence-corrected chi connectivity index (χ4v) is 4.77. The third-order valence-electron chi connectivity index (χ3n) is 4.78. The van der Waals surface area contributed by atoms with Crippen molar-refractivity contribution in [1.29, 1.82) is 0 Å². The lowest BCUT2D eigenvalue weighted by Crippen LogP contribution is -2.40. The van der Waals surface area contributed by atoms with E-state index >= 15 is 0 Å². The SMILES string of the molecule is CN(CC1CCN(c2cc(C(F)(F)F)ncn2)CC1)S(=O)(=O)C1CC1. The number of sulfonamides is 1. The van der Waals surface area contributed by atoms with Gasteiger partial charge in [-0.05, 0) is 31.6 Å². The predicted molar refractivity (Wildman–Crippen MR) is 86.5 cm³/mol. The van der Waals surface area contributed by atoms with Crippen LogP contribution in [0, 0.1) is 5.92 Å². The van der Waals surface area contributed by atoms with Gasteiger partial charge in [-0.1, -0.05) is 0 Å². The number of anilines is 1. The second-order valence-corrected chi connectivity index (χ2v) is 9.03. The molecule has 2 aliphatic rings. The van der Waals surface area contributed by atoms with Gasteiger partial charge in [0.05, 0.1) is 5.25 Å². The molecule has 1 saturated carbocycles. The first kappa shape index (κ1) is 18.4. The summed E-state index contributed by atoms with van der Waals surface area (Å²) in [5, 5.41) is -0.223. The van der Waals surface area contributed by atoms with Gasteiger partial charge in [0.2, 0.25) is 10.0 Å². The predicted octanol–water partition coefficient (Wildman–Crippen LogP) is 2.14. The third-order valence-corrected chi connectivity index (χ3v) is 7.11. The Hall–Kier alpha value is -1.42. The highest BCUT2D eigenvalue weighted by Crippen LogP contribution is 2.32. The molecule has 6 nitrogen and oxygen atoms in total. The van der Waals surface area contributed by atoms with Gasteiger partial charge in [-0.2, -0.15) is 13.2 Å². The Morgan fingerprint density at radius 3 is 2.40 bits per heavy atom. The summed E-state index contributed by atoms with van der Waals surface area (Å²) < 4.78 is 64.0. The number of nitrogens with zero attached hydrogens (tertiary/aromatic N) is 4. The number of piperidine rings is 1. The van der Waals surface area contributed by atoms with Gasteiger partial charge < -0.3 is 4.90 Å². The molecule has 0 atom stereocenters. The van der Waals surface area contributed by atoms with Gasteiger partial charge in [-0.15, -0.1) is 0 Å². The van der Waals surface area contributed by atoms with E-state index in [-0.39, 0.29) is 17.0 Å². The van der Waals surface area contributed by atoms with Crippen molar-refractivity contribution >= 4 is 15.8 Å². The Kier molecular flexibility index (Phi) is 4.93. The summed E-state index contributed by atoms with van der Waals surface area (Å²) in [6.45, 7) is 1.57. The second kappa shape index (κ2) is 6.71. The molecule has 2 fully saturated rings. The topological polar surface area (TPSA) is 66.4 Å². The molecular weight excluding hydrogens is 357 g/mol. The first-order chi connectivity index (χ1) is 11.7. The highest BCUT2D eigenvalue weighted by atomic mass is 32.2. The smallest absolute Gasteiger partial charge is 0.356 e. The highest BCUT2D eigenvalue weighted by molar-refractivity contribution is 7.90. The number of aromatic nitrogens is 2. The molecule has 1 aromatic heterocycles. The quantitative estimate of drug-likeness (QED) is 0.785. The van der Waals surface area contributed by atoms with E-state index in [1.54, 1.807) is 11.9 Å². The second-order valence-electron chi connectivity index (χ2n) is 6.71. The molecule has 1 aromatic rings. The molecule has 0 spiro atoms. The molecule has 0 aromatic carbocycles. The third kappa shape index (κ3) is 4.22. The van der Waals surface area contributed by atoms with Gasteiger partial charge in [0.25, 0.3) is 0 Å². The maximum absolute atomic E-state index is 12.8. The minimum atomic E-state index is -4.49. The van der Waals surface area contributed by atoms with Gasteiger partial charge >= 0.3 is 6.18 Å². The molecule has 2 heterocycles. The number of hydrogen-bond donors (Lipinski definition) is 0. The molecule has 0 N–H and O–H groups in total. The zero-order chi connectivity index (χ0) is 18.2. The van der Waals surface area contributed by atoms with Crippen LogP contribution in [0.1, 0.15) is 31.4 Å². The number of alkyl halides is 3. The molecule has 0 bridgehead atoms. The van der Waals surface area contributed by atoms with E-state index in [9.17, 15) is 21.6 Å². The van der Waals surface area contributed by atoms with Crippen molar-refractivity contribution in [2.24, 2.45) is 5.92 Å². The molecule has 1 aliphatic heterocycles. The van der Waals surface area contributed by atoms with Crippen LogP contribution < -0.4 is 4.90 Å². The lowest BCUT2D eigenvalue weighted by atomic mass is 9.97. The summed E-state index contributed by atoms with van der Waals surface area (Å²) in [6.07, 6.45) is -0.650. The molecule has 1 aliphatic carbocycles. The molecule has 0 radical (unpaired) electrons. The number of rotatable bonds is 5. The van der Waals surface area contributed by atoms with E-state index < -0.39 is 21.9 Å². The summed E-state index contributed by atoms with van der Waals surface area (Å²) in [6, 6.07) is 0.962. The minimum absolute atomic E-state index is 0.207. The van der Waals surface area contributed by atoms with E-state index in [2.05, 4.69) is 9.97 Å². The van der Waals surface area contributed by atoms with E-state index in [1.165, 1.54) is 4.31 Å². The summed E-state index contributed by atoms with van der Waals surface area (Å²) >= 11 is 0. The Morgan fingerprint density at radius 1 is 1.20 bits per heavy atom. The first-order valence-electron chi connectivity index (χ1n) is 8.27. The lowest BCUT2D eigenvalue weighted by molar-refractivity contribution is -0.141. The molecule has 140 valence electrons. The highest BCUT2D eigenvalue weighted by Gasteiger charge is 2.39. The summed E-state index contributed by atoms with van der Waals surface area (Å²) in [5.41, 5.74) is -0.949. The van der Waals surface area contributed by atoms with Crippen molar-refractivity contribution in [1.82, 2.24) is 14.3 Å². The van der Waals surface area contributed by atoms with Crippen LogP contribution in [0.3, 0.4) is 0 Å². The number of hydrogen-bond acceptors (Lipinski definition) is 5. The van der Waals surface area contributed by atoms with Crippen LogP contribution in [0.2, 0.25) is 0 Å². The zero-order valence-corrected chi connectivity index (χ0v) is 14.7. The largest absolute Gasteiger partial charge is 0.433 e. The van der Waals surface area contributed by atoms with Crippen molar-refractivity contribution in [2.45, 2.75) is 37.1 Å². The normalized spacial score (nSPS) is 20.3. The van der Waals surface area contributed by atoms with Gasteiger partial charge in [0.1, 0.15) is 17.8 Å². The van der Waals surface area contributed by atoms with E-state index in [1.807, 2.05) is 0 Å². The van der Waals surface area contributed by atoms with Crippen molar-refractivity contribution in [3.8, 4) is 0 Å². The Labute approximate surface area is 145 Å². The molecule has 10 heteroatoms. The Morgan fingerprint density at radius 2 is 1.84 bits per heavy atom. The van der Waals surface area contributed by atoms with Gasteiger partial charge in [-0.3, -0.25) is 0 Å². The monoisotopic (exact) mass is 378 g/mol. The maximum atomic E-state index is 12.8. The lowest BCUT2D eigenvalue weighted by Gasteiger charge is -2.34. The summed E-state index contributed by atoms with van der Waals surface area (Å²) in [5.74, 6) is 0.471. The maximum Gasteiger partial charge on any atom is 0.433 e.